The second-order valence-corrected chi connectivity index (χ2v) is 4.05. The molecule has 76 valence electrons. The van der Waals surface area contributed by atoms with Crippen LogP contribution in [0, 0.1) is 0 Å². The Kier molecular flexibility index (Phi) is 1.85. The van der Waals surface area contributed by atoms with E-state index in [9.17, 15) is 0 Å². The van der Waals surface area contributed by atoms with E-state index < -0.39 is 0 Å². The van der Waals surface area contributed by atoms with Gasteiger partial charge in [0.05, 0.1) is 30.6 Å². The minimum Gasteiger partial charge on any atom is -0.375 e. The Bertz CT molecular complexity index is 354. The number of aromatic nitrogens is 2. The van der Waals surface area contributed by atoms with Crippen LogP contribution in [-0.4, -0.2) is 16.4 Å². The van der Waals surface area contributed by atoms with Crippen molar-refractivity contribution in [1.82, 2.24) is 9.78 Å². The smallest absolute Gasteiger partial charge is 0.0918 e. The lowest BCUT2D eigenvalue weighted by Crippen LogP contribution is -2.12. The van der Waals surface area contributed by atoms with Crippen LogP contribution in [-0.2, 0) is 24.3 Å². The molecule has 1 aromatic rings. The highest BCUT2D eigenvalue weighted by Crippen LogP contribution is 2.37. The topological polar surface area (TPSA) is 53.1 Å². The number of fused-ring (bicyclic) bond motifs is 1. The van der Waals surface area contributed by atoms with Crippen LogP contribution in [0.4, 0.5) is 0 Å². The molecule has 1 fully saturated rings. The first-order valence-electron chi connectivity index (χ1n) is 5.27. The summed E-state index contributed by atoms with van der Waals surface area (Å²) in [5, 5.41) is 4.60. The first-order valence-corrected chi connectivity index (χ1v) is 5.27. The van der Waals surface area contributed by atoms with Crippen LogP contribution in [0.15, 0.2) is 0 Å². The largest absolute Gasteiger partial charge is 0.375 e. The summed E-state index contributed by atoms with van der Waals surface area (Å²) in [4.78, 5) is 0. The van der Waals surface area contributed by atoms with E-state index in [1.165, 1.54) is 24.1 Å². The van der Waals surface area contributed by atoms with Crippen molar-refractivity contribution in [3.8, 4) is 0 Å². The summed E-state index contributed by atoms with van der Waals surface area (Å²) in [6, 6.07) is 0.624. The molecule has 0 radical (unpaired) electrons. The zero-order chi connectivity index (χ0) is 9.54. The predicted octanol–water partition coefficient (Wildman–Crippen LogP) is 0.749. The highest BCUT2D eigenvalue weighted by molar-refractivity contribution is 5.28. The van der Waals surface area contributed by atoms with Crippen molar-refractivity contribution in [3.63, 3.8) is 0 Å². The van der Waals surface area contributed by atoms with Crippen LogP contribution in [0.25, 0.3) is 0 Å². The molecule has 2 N–H and O–H groups in total. The fourth-order valence-corrected chi connectivity index (χ4v) is 2.14. The Morgan fingerprint density at radius 1 is 1.50 bits per heavy atom. The Morgan fingerprint density at radius 3 is 3.07 bits per heavy atom. The van der Waals surface area contributed by atoms with E-state index >= 15 is 0 Å². The zero-order valence-electron chi connectivity index (χ0n) is 8.20. The van der Waals surface area contributed by atoms with Gasteiger partial charge in [-0.05, 0) is 19.3 Å². The van der Waals surface area contributed by atoms with Crippen molar-refractivity contribution < 1.29 is 4.74 Å². The van der Waals surface area contributed by atoms with Gasteiger partial charge in [-0.15, -0.1) is 0 Å². The zero-order valence-corrected chi connectivity index (χ0v) is 8.20. The average Bonchev–Trinajstić information content (AvgIpc) is 2.99. The van der Waals surface area contributed by atoms with Gasteiger partial charge in [0.1, 0.15) is 0 Å². The minimum atomic E-state index is 0.610. The van der Waals surface area contributed by atoms with E-state index in [0.29, 0.717) is 19.2 Å². The van der Waals surface area contributed by atoms with Crippen molar-refractivity contribution in [2.75, 3.05) is 6.61 Å². The molecule has 14 heavy (non-hydrogen) atoms. The average molecular weight is 193 g/mol. The second kappa shape index (κ2) is 3.07. The first kappa shape index (κ1) is 8.44. The predicted molar refractivity (Wildman–Crippen MR) is 51.7 cm³/mol. The van der Waals surface area contributed by atoms with E-state index in [1.54, 1.807) is 0 Å². The van der Waals surface area contributed by atoms with E-state index in [1.807, 2.05) is 0 Å². The molecule has 4 heteroatoms. The maximum atomic E-state index is 5.78. The summed E-state index contributed by atoms with van der Waals surface area (Å²) >= 11 is 0. The third-order valence-corrected chi connectivity index (χ3v) is 3.02. The van der Waals surface area contributed by atoms with Crippen molar-refractivity contribution >= 4 is 0 Å². The van der Waals surface area contributed by atoms with Gasteiger partial charge in [-0.2, -0.15) is 5.10 Å². The standard InChI is InChI=1S/C10H15N3O/c11-5-10-8-3-4-14-6-9(8)12-13(10)7-1-2-7/h7H,1-6,11H2. The highest BCUT2D eigenvalue weighted by Gasteiger charge is 2.30. The summed E-state index contributed by atoms with van der Waals surface area (Å²) < 4.78 is 7.53. The van der Waals surface area contributed by atoms with Crippen LogP contribution < -0.4 is 5.73 Å². The molecule has 2 aliphatic rings. The molecule has 2 heterocycles. The molecule has 0 amide bonds. The SMILES string of the molecule is NCc1c2c(nn1C1CC1)COCC2. The van der Waals surface area contributed by atoms with Gasteiger partial charge in [-0.3, -0.25) is 4.68 Å². The van der Waals surface area contributed by atoms with E-state index in [4.69, 9.17) is 10.5 Å². The van der Waals surface area contributed by atoms with E-state index in [-0.39, 0.29) is 0 Å². The lowest BCUT2D eigenvalue weighted by Gasteiger charge is -2.11. The summed E-state index contributed by atoms with van der Waals surface area (Å²) in [5.74, 6) is 0. The normalized spacial score (nSPS) is 20.9. The maximum absolute atomic E-state index is 5.78. The lowest BCUT2D eigenvalue weighted by molar-refractivity contribution is 0.108. The van der Waals surface area contributed by atoms with Crippen LogP contribution in [0.3, 0.4) is 0 Å². The number of hydrogen-bond acceptors (Lipinski definition) is 3. The summed E-state index contributed by atoms with van der Waals surface area (Å²) in [6.07, 6.45) is 3.50. The molecular weight excluding hydrogens is 178 g/mol. The number of nitrogens with two attached hydrogens (primary N) is 1. The summed E-state index contributed by atoms with van der Waals surface area (Å²) in [7, 11) is 0. The van der Waals surface area contributed by atoms with Crippen molar-refractivity contribution in [2.24, 2.45) is 5.73 Å². The summed E-state index contributed by atoms with van der Waals surface area (Å²) in [5.41, 5.74) is 9.49. The summed E-state index contributed by atoms with van der Waals surface area (Å²) in [6.45, 7) is 2.09. The van der Waals surface area contributed by atoms with Crippen molar-refractivity contribution in [3.05, 3.63) is 17.0 Å². The third kappa shape index (κ3) is 1.18. The lowest BCUT2D eigenvalue weighted by atomic mass is 10.1. The molecule has 1 aromatic heterocycles. The first-order chi connectivity index (χ1) is 6.90. The van der Waals surface area contributed by atoms with Gasteiger partial charge >= 0.3 is 0 Å². The van der Waals surface area contributed by atoms with Crippen LogP contribution in [0.2, 0.25) is 0 Å². The molecule has 1 saturated carbocycles. The molecule has 0 aromatic carbocycles. The van der Waals surface area contributed by atoms with Gasteiger partial charge < -0.3 is 10.5 Å². The maximum Gasteiger partial charge on any atom is 0.0918 e. The number of nitrogens with zero attached hydrogens (tertiary/aromatic N) is 2. The minimum absolute atomic E-state index is 0.610. The quantitative estimate of drug-likeness (QED) is 0.754. The molecular formula is C10H15N3O. The molecule has 0 atom stereocenters. The molecule has 1 aliphatic carbocycles. The second-order valence-electron chi connectivity index (χ2n) is 4.05. The Balaban J connectivity index is 2.06. The van der Waals surface area contributed by atoms with Gasteiger partial charge in [0.25, 0.3) is 0 Å². The van der Waals surface area contributed by atoms with Crippen molar-refractivity contribution in [2.45, 2.75) is 38.5 Å². The number of rotatable bonds is 2. The van der Waals surface area contributed by atoms with Gasteiger partial charge in [0, 0.05) is 12.1 Å². The molecule has 0 saturated heterocycles. The van der Waals surface area contributed by atoms with Gasteiger partial charge in [0.15, 0.2) is 0 Å². The van der Waals surface area contributed by atoms with E-state index in [2.05, 4.69) is 9.78 Å². The van der Waals surface area contributed by atoms with Crippen LogP contribution in [0.5, 0.6) is 0 Å². The molecule has 3 rings (SSSR count). The van der Waals surface area contributed by atoms with Gasteiger partial charge in [0.2, 0.25) is 0 Å². The molecule has 1 aliphatic heterocycles. The Hall–Kier alpha value is -0.870. The van der Waals surface area contributed by atoms with Crippen LogP contribution in [0.1, 0.15) is 35.8 Å². The third-order valence-electron chi connectivity index (χ3n) is 3.02. The molecule has 0 bridgehead atoms. The number of hydrogen-bond donors (Lipinski definition) is 1. The van der Waals surface area contributed by atoms with Crippen molar-refractivity contribution in [1.29, 1.82) is 0 Å². The monoisotopic (exact) mass is 193 g/mol. The molecule has 4 nitrogen and oxygen atoms in total. The van der Waals surface area contributed by atoms with Gasteiger partial charge in [-0.1, -0.05) is 0 Å². The van der Waals surface area contributed by atoms with Gasteiger partial charge in [-0.25, -0.2) is 0 Å². The van der Waals surface area contributed by atoms with Crippen LogP contribution >= 0.6 is 0 Å². The fourth-order valence-electron chi connectivity index (χ4n) is 2.14. The molecule has 0 spiro atoms. The highest BCUT2D eigenvalue weighted by atomic mass is 16.5. The Labute approximate surface area is 83.0 Å². The fraction of sp³-hybridized carbons (Fsp3) is 0.700. The number of ether oxygens (including phenoxy) is 1. The van der Waals surface area contributed by atoms with E-state index in [0.717, 1.165) is 18.7 Å². The Morgan fingerprint density at radius 2 is 2.36 bits per heavy atom. The molecule has 0 unspecified atom stereocenters.